The van der Waals surface area contributed by atoms with Crippen LogP contribution in [0.1, 0.15) is 0 Å². The number of nitro groups is 1. The molecule has 1 rings (SSSR count). The standard InChI is InChI=1S/C8H7F3N2O5S/c9-8(10,11)4-18-6-2-1-5(13(14)15)3-7(6)19(12,16)17/h1-3H,4H2,(H2,12,16,17). The lowest BCUT2D eigenvalue weighted by Gasteiger charge is -2.11. The van der Waals surface area contributed by atoms with E-state index in [0.717, 1.165) is 12.1 Å². The van der Waals surface area contributed by atoms with Crippen LogP contribution in [0, 0.1) is 10.1 Å². The Balaban J connectivity index is 3.21. The molecular formula is C8H7F3N2O5S. The minimum absolute atomic E-state index is 0.529. The van der Waals surface area contributed by atoms with Gasteiger partial charge in [-0.2, -0.15) is 13.2 Å². The third-order valence-electron chi connectivity index (χ3n) is 1.84. The van der Waals surface area contributed by atoms with Crippen LogP contribution in [-0.4, -0.2) is 26.1 Å². The Kier molecular flexibility index (Phi) is 4.00. The van der Waals surface area contributed by atoms with E-state index in [2.05, 4.69) is 4.74 Å². The molecule has 0 aliphatic rings. The fraction of sp³-hybridized carbons (Fsp3) is 0.250. The molecule has 0 bridgehead atoms. The second-order valence-electron chi connectivity index (χ2n) is 3.34. The normalized spacial score (nSPS) is 12.2. The Morgan fingerprint density at radius 2 is 1.95 bits per heavy atom. The van der Waals surface area contributed by atoms with E-state index >= 15 is 0 Å². The van der Waals surface area contributed by atoms with Crippen LogP contribution in [0.15, 0.2) is 23.1 Å². The number of nitro benzene ring substituents is 1. The van der Waals surface area contributed by atoms with E-state index in [9.17, 15) is 31.7 Å². The Morgan fingerprint density at radius 1 is 1.37 bits per heavy atom. The molecule has 0 heterocycles. The number of benzene rings is 1. The Morgan fingerprint density at radius 3 is 2.37 bits per heavy atom. The lowest BCUT2D eigenvalue weighted by Crippen LogP contribution is -2.21. The topological polar surface area (TPSA) is 113 Å². The van der Waals surface area contributed by atoms with Gasteiger partial charge in [0.15, 0.2) is 6.61 Å². The number of hydrogen-bond acceptors (Lipinski definition) is 5. The van der Waals surface area contributed by atoms with Crippen molar-refractivity contribution in [3.63, 3.8) is 0 Å². The molecular weight excluding hydrogens is 293 g/mol. The zero-order valence-corrected chi connectivity index (χ0v) is 9.86. The van der Waals surface area contributed by atoms with Gasteiger partial charge in [0.2, 0.25) is 10.0 Å². The Hall–Kier alpha value is -1.88. The molecule has 0 saturated heterocycles. The summed E-state index contributed by atoms with van der Waals surface area (Å²) in [7, 11) is -4.45. The highest BCUT2D eigenvalue weighted by molar-refractivity contribution is 7.89. The summed E-state index contributed by atoms with van der Waals surface area (Å²) < 4.78 is 62.4. The molecule has 1 aromatic rings. The summed E-state index contributed by atoms with van der Waals surface area (Å²) in [5.41, 5.74) is -0.636. The molecule has 19 heavy (non-hydrogen) atoms. The highest BCUT2D eigenvalue weighted by Crippen LogP contribution is 2.28. The van der Waals surface area contributed by atoms with Crippen LogP contribution in [0.2, 0.25) is 0 Å². The third kappa shape index (κ3) is 4.37. The molecule has 0 aromatic heterocycles. The van der Waals surface area contributed by atoms with Crippen molar-refractivity contribution in [1.82, 2.24) is 0 Å². The van der Waals surface area contributed by atoms with E-state index in [0.29, 0.717) is 6.07 Å². The summed E-state index contributed by atoms with van der Waals surface area (Å²) in [6.45, 7) is -1.74. The van der Waals surface area contributed by atoms with E-state index in [1.165, 1.54) is 0 Å². The number of ether oxygens (including phenoxy) is 1. The molecule has 0 atom stereocenters. The quantitative estimate of drug-likeness (QED) is 0.662. The van der Waals surface area contributed by atoms with Crippen molar-refractivity contribution in [2.24, 2.45) is 5.14 Å². The van der Waals surface area contributed by atoms with E-state index < -0.39 is 44.1 Å². The lowest BCUT2D eigenvalue weighted by molar-refractivity contribution is -0.385. The number of non-ortho nitro benzene ring substituents is 1. The number of sulfonamides is 1. The van der Waals surface area contributed by atoms with Crippen molar-refractivity contribution in [2.45, 2.75) is 11.1 Å². The molecule has 1 aromatic carbocycles. The first kappa shape index (κ1) is 15.2. The zero-order chi connectivity index (χ0) is 14.8. The van der Waals surface area contributed by atoms with Gasteiger partial charge in [-0.05, 0) is 6.07 Å². The number of nitrogens with two attached hydrogens (primary N) is 1. The largest absolute Gasteiger partial charge is 0.483 e. The second-order valence-corrected chi connectivity index (χ2v) is 4.87. The fourth-order valence-corrected chi connectivity index (χ4v) is 1.80. The highest BCUT2D eigenvalue weighted by Gasteiger charge is 2.30. The molecule has 0 spiro atoms. The molecule has 0 aliphatic heterocycles. The first-order valence-corrected chi connectivity index (χ1v) is 6.06. The van der Waals surface area contributed by atoms with Crippen molar-refractivity contribution in [1.29, 1.82) is 0 Å². The van der Waals surface area contributed by atoms with Gasteiger partial charge >= 0.3 is 6.18 Å². The third-order valence-corrected chi connectivity index (χ3v) is 2.77. The average Bonchev–Trinajstić information content (AvgIpc) is 2.23. The predicted octanol–water partition coefficient (Wildman–Crippen LogP) is 1.18. The predicted molar refractivity (Wildman–Crippen MR) is 56.0 cm³/mol. The lowest BCUT2D eigenvalue weighted by atomic mass is 10.3. The molecule has 2 N–H and O–H groups in total. The van der Waals surface area contributed by atoms with Crippen LogP contribution >= 0.6 is 0 Å². The van der Waals surface area contributed by atoms with E-state index in [-0.39, 0.29) is 0 Å². The monoisotopic (exact) mass is 300 g/mol. The van der Waals surface area contributed by atoms with Crippen LogP contribution in [0.25, 0.3) is 0 Å². The fourth-order valence-electron chi connectivity index (χ4n) is 1.11. The minimum Gasteiger partial charge on any atom is -0.483 e. The van der Waals surface area contributed by atoms with E-state index in [1.54, 1.807) is 0 Å². The van der Waals surface area contributed by atoms with Gasteiger partial charge in [0.05, 0.1) is 4.92 Å². The molecule has 0 radical (unpaired) electrons. The van der Waals surface area contributed by atoms with Crippen LogP contribution in [0.3, 0.4) is 0 Å². The van der Waals surface area contributed by atoms with Crippen molar-refractivity contribution in [3.05, 3.63) is 28.3 Å². The van der Waals surface area contributed by atoms with Crippen molar-refractivity contribution < 1.29 is 31.2 Å². The maximum absolute atomic E-state index is 12.0. The first-order valence-electron chi connectivity index (χ1n) is 4.51. The van der Waals surface area contributed by atoms with Gasteiger partial charge < -0.3 is 4.74 Å². The summed E-state index contributed by atoms with van der Waals surface area (Å²) in [6.07, 6.45) is -4.68. The van der Waals surface area contributed by atoms with E-state index in [4.69, 9.17) is 5.14 Å². The summed E-state index contributed by atoms with van der Waals surface area (Å²) in [5.74, 6) is -0.703. The van der Waals surface area contributed by atoms with Gasteiger partial charge in [-0.15, -0.1) is 0 Å². The summed E-state index contributed by atoms with van der Waals surface area (Å²) in [6, 6.07) is 2.07. The number of rotatable bonds is 4. The van der Waals surface area contributed by atoms with Gasteiger partial charge in [-0.25, -0.2) is 13.6 Å². The molecule has 0 unspecified atom stereocenters. The molecule has 0 amide bonds. The summed E-state index contributed by atoms with van der Waals surface area (Å²) in [4.78, 5) is 8.66. The minimum atomic E-state index is -4.68. The number of halogens is 3. The number of primary sulfonamides is 1. The van der Waals surface area contributed by atoms with Crippen LogP contribution in [0.4, 0.5) is 18.9 Å². The molecule has 11 heteroatoms. The second kappa shape index (κ2) is 5.01. The maximum atomic E-state index is 12.0. The summed E-state index contributed by atoms with van der Waals surface area (Å²) >= 11 is 0. The van der Waals surface area contributed by atoms with Gasteiger partial charge in [-0.1, -0.05) is 0 Å². The maximum Gasteiger partial charge on any atom is 0.422 e. The number of nitrogens with zero attached hydrogens (tertiary/aromatic N) is 1. The molecule has 7 nitrogen and oxygen atoms in total. The van der Waals surface area contributed by atoms with Gasteiger partial charge in [0.25, 0.3) is 5.69 Å². The smallest absolute Gasteiger partial charge is 0.422 e. The van der Waals surface area contributed by atoms with Gasteiger partial charge in [0.1, 0.15) is 10.6 Å². The van der Waals surface area contributed by atoms with Crippen molar-refractivity contribution >= 4 is 15.7 Å². The molecule has 106 valence electrons. The molecule has 0 fully saturated rings. The zero-order valence-electron chi connectivity index (χ0n) is 9.05. The first-order chi connectivity index (χ1) is 8.50. The average molecular weight is 300 g/mol. The molecule has 0 aliphatic carbocycles. The number of alkyl halides is 3. The summed E-state index contributed by atoms with van der Waals surface area (Å²) in [5, 5.41) is 15.2. The van der Waals surface area contributed by atoms with Gasteiger partial charge in [0, 0.05) is 12.1 Å². The van der Waals surface area contributed by atoms with Crippen LogP contribution < -0.4 is 9.88 Å². The van der Waals surface area contributed by atoms with Crippen LogP contribution in [-0.2, 0) is 10.0 Å². The Labute approximate surface area is 105 Å². The van der Waals surface area contributed by atoms with Gasteiger partial charge in [-0.3, -0.25) is 10.1 Å². The van der Waals surface area contributed by atoms with Crippen molar-refractivity contribution in [2.75, 3.05) is 6.61 Å². The van der Waals surface area contributed by atoms with Crippen LogP contribution in [0.5, 0.6) is 5.75 Å². The highest BCUT2D eigenvalue weighted by atomic mass is 32.2. The SMILES string of the molecule is NS(=O)(=O)c1cc([N+](=O)[O-])ccc1OCC(F)(F)F. The molecule has 0 saturated carbocycles. The Bertz CT molecular complexity index is 599. The van der Waals surface area contributed by atoms with E-state index in [1.807, 2.05) is 0 Å². The van der Waals surface area contributed by atoms with Crippen molar-refractivity contribution in [3.8, 4) is 5.75 Å². The number of hydrogen-bond donors (Lipinski definition) is 1.